The molecule has 0 bridgehead atoms. The first-order chi connectivity index (χ1) is 12.3. The molecule has 0 saturated heterocycles. The number of aliphatic hydroxyl groups is 1. The van der Waals surface area contributed by atoms with Crippen LogP contribution in [-0.2, 0) is 12.0 Å². The highest BCUT2D eigenvalue weighted by atomic mass is 16.3. The smallest absolute Gasteiger partial charge is 0.163 e. The summed E-state index contributed by atoms with van der Waals surface area (Å²) in [6, 6.07) is 8.10. The zero-order valence-electron chi connectivity index (χ0n) is 15.7. The number of anilines is 2. The lowest BCUT2D eigenvalue weighted by atomic mass is 10.0. The maximum Gasteiger partial charge on any atom is 0.163 e. The topological polar surface area (TPSA) is 67.2 Å². The lowest BCUT2D eigenvalue weighted by molar-refractivity contribution is 0.0994. The highest BCUT2D eigenvalue weighted by molar-refractivity contribution is 6.00. The van der Waals surface area contributed by atoms with E-state index >= 15 is 0 Å². The second-order valence-corrected chi connectivity index (χ2v) is 8.62. The fourth-order valence-corrected chi connectivity index (χ4v) is 4.11. The van der Waals surface area contributed by atoms with Crippen molar-refractivity contribution >= 4 is 17.3 Å². The SMILES string of the molecule is CC(C)(C)n1nc([C@H]2CC[C@@H](O)C2)cc1Nc1ccc2c(c1)CCC2=O. The van der Waals surface area contributed by atoms with Crippen LogP contribution >= 0.6 is 0 Å². The molecule has 0 unspecified atom stereocenters. The molecule has 1 heterocycles. The lowest BCUT2D eigenvalue weighted by Crippen LogP contribution is -2.24. The van der Waals surface area contributed by atoms with Crippen molar-refractivity contribution < 1.29 is 9.90 Å². The van der Waals surface area contributed by atoms with Crippen molar-refractivity contribution in [3.63, 3.8) is 0 Å². The molecule has 26 heavy (non-hydrogen) atoms. The molecule has 1 fully saturated rings. The summed E-state index contributed by atoms with van der Waals surface area (Å²) in [6.45, 7) is 6.42. The molecule has 0 radical (unpaired) electrons. The standard InChI is InChI=1S/C21H27N3O2/c1-21(2,3)24-20(12-18(23-24)14-4-7-16(25)11-14)22-15-6-8-17-13(10-15)5-9-19(17)26/h6,8,10,12,14,16,22,25H,4-5,7,9,11H2,1-3H3/t14-,16+/m0/s1. The van der Waals surface area contributed by atoms with E-state index in [1.165, 1.54) is 0 Å². The second kappa shape index (κ2) is 6.23. The van der Waals surface area contributed by atoms with Crippen molar-refractivity contribution in [3.8, 4) is 0 Å². The first kappa shape index (κ1) is 17.3. The Morgan fingerprint density at radius 2 is 2.00 bits per heavy atom. The summed E-state index contributed by atoms with van der Waals surface area (Å²) in [6.07, 6.45) is 3.88. The normalized spacial score (nSPS) is 22.7. The van der Waals surface area contributed by atoms with Crippen molar-refractivity contribution in [2.24, 2.45) is 0 Å². The van der Waals surface area contributed by atoms with Gasteiger partial charge in [-0.05, 0) is 70.2 Å². The number of carbonyl (C=O) groups is 1. The van der Waals surface area contributed by atoms with Crippen LogP contribution in [0.5, 0.6) is 0 Å². The van der Waals surface area contributed by atoms with Gasteiger partial charge in [0.15, 0.2) is 5.78 Å². The van der Waals surface area contributed by atoms with Crippen LogP contribution in [0.1, 0.15) is 74.0 Å². The van der Waals surface area contributed by atoms with E-state index in [0.29, 0.717) is 12.3 Å². The average molecular weight is 353 g/mol. The Labute approximate surface area is 154 Å². The number of aryl methyl sites for hydroxylation is 1. The molecule has 1 aromatic carbocycles. The summed E-state index contributed by atoms with van der Waals surface area (Å²) in [7, 11) is 0. The van der Waals surface area contributed by atoms with Gasteiger partial charge in [0, 0.05) is 29.7 Å². The molecule has 1 aromatic heterocycles. The molecule has 5 heteroatoms. The lowest BCUT2D eigenvalue weighted by Gasteiger charge is -2.23. The fraction of sp³-hybridized carbons (Fsp3) is 0.524. The van der Waals surface area contributed by atoms with Crippen LogP contribution in [0.4, 0.5) is 11.5 Å². The summed E-state index contributed by atoms with van der Waals surface area (Å²) in [5.74, 6) is 1.53. The van der Waals surface area contributed by atoms with Crippen molar-refractivity contribution in [2.45, 2.75) is 70.4 Å². The maximum atomic E-state index is 11.8. The van der Waals surface area contributed by atoms with E-state index in [2.05, 4.69) is 38.2 Å². The van der Waals surface area contributed by atoms with Crippen LogP contribution in [0.3, 0.4) is 0 Å². The van der Waals surface area contributed by atoms with Gasteiger partial charge in [-0.15, -0.1) is 0 Å². The summed E-state index contributed by atoms with van der Waals surface area (Å²) in [5, 5.41) is 18.2. The van der Waals surface area contributed by atoms with Crippen molar-refractivity contribution in [3.05, 3.63) is 41.1 Å². The third kappa shape index (κ3) is 3.16. The number of rotatable bonds is 3. The van der Waals surface area contributed by atoms with E-state index < -0.39 is 0 Å². The summed E-state index contributed by atoms with van der Waals surface area (Å²) >= 11 is 0. The molecule has 2 N–H and O–H groups in total. The first-order valence-electron chi connectivity index (χ1n) is 9.53. The number of aromatic nitrogens is 2. The molecule has 4 rings (SSSR count). The van der Waals surface area contributed by atoms with Crippen molar-refractivity contribution in [2.75, 3.05) is 5.32 Å². The van der Waals surface area contributed by atoms with Gasteiger partial charge < -0.3 is 10.4 Å². The maximum absolute atomic E-state index is 11.8. The first-order valence-corrected chi connectivity index (χ1v) is 9.53. The van der Waals surface area contributed by atoms with Crippen LogP contribution in [0.2, 0.25) is 0 Å². The number of carbonyl (C=O) groups excluding carboxylic acids is 1. The van der Waals surface area contributed by atoms with Gasteiger partial charge in [0.1, 0.15) is 5.82 Å². The zero-order chi connectivity index (χ0) is 18.5. The second-order valence-electron chi connectivity index (χ2n) is 8.62. The number of fused-ring (bicyclic) bond motifs is 1. The van der Waals surface area contributed by atoms with E-state index in [0.717, 1.165) is 54.0 Å². The molecule has 138 valence electrons. The largest absolute Gasteiger partial charge is 0.393 e. The number of benzene rings is 1. The van der Waals surface area contributed by atoms with Gasteiger partial charge in [-0.3, -0.25) is 4.79 Å². The average Bonchev–Trinajstić information content (AvgIpc) is 3.26. The van der Waals surface area contributed by atoms with Gasteiger partial charge in [0.25, 0.3) is 0 Å². The van der Waals surface area contributed by atoms with Gasteiger partial charge in [-0.1, -0.05) is 0 Å². The third-order valence-electron chi connectivity index (χ3n) is 5.49. The quantitative estimate of drug-likeness (QED) is 0.870. The molecule has 0 aliphatic heterocycles. The van der Waals surface area contributed by atoms with E-state index in [9.17, 15) is 9.90 Å². The molecular formula is C21H27N3O2. The highest BCUT2D eigenvalue weighted by Gasteiger charge is 2.29. The number of nitrogens with zero attached hydrogens (tertiary/aromatic N) is 2. The van der Waals surface area contributed by atoms with E-state index in [1.807, 2.05) is 16.8 Å². The fourth-order valence-electron chi connectivity index (χ4n) is 4.11. The molecule has 2 aliphatic carbocycles. The van der Waals surface area contributed by atoms with Crippen LogP contribution < -0.4 is 5.32 Å². The zero-order valence-corrected chi connectivity index (χ0v) is 15.7. The van der Waals surface area contributed by atoms with Crippen molar-refractivity contribution in [1.29, 1.82) is 0 Å². The van der Waals surface area contributed by atoms with Gasteiger partial charge in [-0.25, -0.2) is 4.68 Å². The molecule has 1 saturated carbocycles. The van der Waals surface area contributed by atoms with E-state index in [4.69, 9.17) is 5.10 Å². The highest BCUT2D eigenvalue weighted by Crippen LogP contribution is 2.37. The number of Topliss-reactive ketones (excluding diaryl/α,β-unsaturated/α-hetero) is 1. The Balaban J connectivity index is 1.65. The van der Waals surface area contributed by atoms with Crippen LogP contribution in [0.15, 0.2) is 24.3 Å². The number of aliphatic hydroxyl groups excluding tert-OH is 1. The number of hydrogen-bond donors (Lipinski definition) is 2. The Kier molecular flexibility index (Phi) is 4.14. The molecular weight excluding hydrogens is 326 g/mol. The van der Waals surface area contributed by atoms with Crippen molar-refractivity contribution in [1.82, 2.24) is 9.78 Å². The van der Waals surface area contributed by atoms with Gasteiger partial charge in [0.2, 0.25) is 0 Å². The van der Waals surface area contributed by atoms with Crippen LogP contribution in [0.25, 0.3) is 0 Å². The predicted octanol–water partition coefficient (Wildman–Crippen LogP) is 4.14. The van der Waals surface area contributed by atoms with Gasteiger partial charge >= 0.3 is 0 Å². The number of hydrogen-bond acceptors (Lipinski definition) is 4. The van der Waals surface area contributed by atoms with E-state index in [1.54, 1.807) is 0 Å². The molecule has 0 spiro atoms. The van der Waals surface area contributed by atoms with Crippen LogP contribution in [-0.4, -0.2) is 26.8 Å². The summed E-state index contributed by atoms with van der Waals surface area (Å²) in [4.78, 5) is 11.8. The number of ketones is 1. The third-order valence-corrected chi connectivity index (χ3v) is 5.49. The minimum Gasteiger partial charge on any atom is -0.393 e. The van der Waals surface area contributed by atoms with Gasteiger partial charge in [0.05, 0.1) is 17.3 Å². The molecule has 5 nitrogen and oxygen atoms in total. The Morgan fingerprint density at radius 1 is 1.19 bits per heavy atom. The summed E-state index contributed by atoms with van der Waals surface area (Å²) in [5.41, 5.74) is 3.88. The summed E-state index contributed by atoms with van der Waals surface area (Å²) < 4.78 is 2.03. The predicted molar refractivity (Wildman–Crippen MR) is 102 cm³/mol. The van der Waals surface area contributed by atoms with Gasteiger partial charge in [-0.2, -0.15) is 5.10 Å². The van der Waals surface area contributed by atoms with Crippen LogP contribution in [0, 0.1) is 0 Å². The Morgan fingerprint density at radius 3 is 2.69 bits per heavy atom. The molecule has 2 aromatic rings. The molecule has 0 amide bonds. The minimum absolute atomic E-state index is 0.148. The Bertz CT molecular complexity index is 847. The monoisotopic (exact) mass is 353 g/mol. The molecule has 2 aliphatic rings. The number of nitrogens with one attached hydrogen (secondary N) is 1. The minimum atomic E-state index is -0.203. The van der Waals surface area contributed by atoms with E-state index in [-0.39, 0.29) is 17.4 Å². The Hall–Kier alpha value is -2.14. The molecule has 2 atom stereocenters.